The molecule has 0 spiro atoms. The molecule has 1 fully saturated rings. The van der Waals surface area contributed by atoms with E-state index < -0.39 is 24.0 Å². The van der Waals surface area contributed by atoms with Gasteiger partial charge in [-0.05, 0) is 25.0 Å². The lowest BCUT2D eigenvalue weighted by Gasteiger charge is -2.30. The summed E-state index contributed by atoms with van der Waals surface area (Å²) in [5.41, 5.74) is 0.571. The Morgan fingerprint density at radius 3 is 2.50 bits per heavy atom. The van der Waals surface area contributed by atoms with Gasteiger partial charge in [-0.15, -0.1) is 0 Å². The van der Waals surface area contributed by atoms with Crippen molar-refractivity contribution in [2.45, 2.75) is 19.0 Å². The van der Waals surface area contributed by atoms with Gasteiger partial charge in [-0.2, -0.15) is 18.2 Å². The minimum absolute atomic E-state index is 0.135. The van der Waals surface area contributed by atoms with E-state index in [9.17, 15) is 22.8 Å². The summed E-state index contributed by atoms with van der Waals surface area (Å²) in [5, 5.41) is 12.4. The third-order valence-corrected chi connectivity index (χ3v) is 4.12. The quantitative estimate of drug-likeness (QED) is 0.894. The number of carboxylic acid groups (broad SMARTS) is 1. The van der Waals surface area contributed by atoms with E-state index in [0.717, 1.165) is 0 Å². The molecule has 10 heteroatoms. The van der Waals surface area contributed by atoms with Gasteiger partial charge >= 0.3 is 18.0 Å². The number of benzene rings is 1. The van der Waals surface area contributed by atoms with E-state index in [1.807, 2.05) is 0 Å². The number of nitrogens with zero attached hydrogens (tertiary/aromatic N) is 3. The van der Waals surface area contributed by atoms with Crippen LogP contribution in [0.15, 0.2) is 28.8 Å². The Bertz CT molecular complexity index is 817. The maximum absolute atomic E-state index is 12.5. The molecule has 1 aliphatic rings. The third-order valence-electron chi connectivity index (χ3n) is 4.12. The van der Waals surface area contributed by atoms with Gasteiger partial charge in [0, 0.05) is 24.2 Å². The highest BCUT2D eigenvalue weighted by Crippen LogP contribution is 2.29. The van der Waals surface area contributed by atoms with Crippen molar-refractivity contribution in [1.82, 2.24) is 15.0 Å². The third kappa shape index (κ3) is 3.68. The molecule has 1 aliphatic heterocycles. The summed E-state index contributed by atoms with van der Waals surface area (Å²) in [6, 6.07) is 5.70. The van der Waals surface area contributed by atoms with Gasteiger partial charge in [0.2, 0.25) is 5.82 Å². The molecule has 2 aromatic rings. The Kier molecular flexibility index (Phi) is 4.66. The minimum atomic E-state index is -4.73. The van der Waals surface area contributed by atoms with Crippen LogP contribution in [0.4, 0.5) is 13.2 Å². The number of hydrogen-bond donors (Lipinski definition) is 1. The molecule has 1 N–H and O–H groups in total. The number of alkyl halides is 3. The maximum atomic E-state index is 12.5. The SMILES string of the molecule is O=C(O)[C@H]1CCCN(C(=O)c2ccc(-c3noc(C(F)(F)F)n3)cc2)C1. The molecule has 3 rings (SSSR count). The summed E-state index contributed by atoms with van der Waals surface area (Å²) < 4.78 is 41.7. The zero-order valence-electron chi connectivity index (χ0n) is 13.4. The van der Waals surface area contributed by atoms with Crippen molar-refractivity contribution in [3.05, 3.63) is 35.7 Å². The molecule has 0 bridgehead atoms. The van der Waals surface area contributed by atoms with Crippen LogP contribution in [0.3, 0.4) is 0 Å². The van der Waals surface area contributed by atoms with Crippen LogP contribution in [-0.4, -0.2) is 45.1 Å². The van der Waals surface area contributed by atoms with Crippen molar-refractivity contribution < 1.29 is 32.4 Å². The van der Waals surface area contributed by atoms with Crippen molar-refractivity contribution in [3.63, 3.8) is 0 Å². The summed E-state index contributed by atoms with van der Waals surface area (Å²) in [6.45, 7) is 0.597. The number of aromatic nitrogens is 2. The first-order valence-electron chi connectivity index (χ1n) is 7.79. The van der Waals surface area contributed by atoms with Gasteiger partial charge in [-0.25, -0.2) is 0 Å². The zero-order valence-corrected chi connectivity index (χ0v) is 13.4. The van der Waals surface area contributed by atoms with E-state index in [-0.39, 0.29) is 23.8 Å². The van der Waals surface area contributed by atoms with Crippen LogP contribution in [0.5, 0.6) is 0 Å². The van der Waals surface area contributed by atoms with E-state index in [2.05, 4.69) is 14.7 Å². The minimum Gasteiger partial charge on any atom is -0.481 e. The van der Waals surface area contributed by atoms with E-state index in [4.69, 9.17) is 5.11 Å². The normalized spacial score (nSPS) is 18.0. The fraction of sp³-hybridized carbons (Fsp3) is 0.375. The molecule has 1 aromatic heterocycles. The van der Waals surface area contributed by atoms with Crippen LogP contribution in [0.1, 0.15) is 29.1 Å². The molecule has 26 heavy (non-hydrogen) atoms. The molecule has 7 nitrogen and oxygen atoms in total. The fourth-order valence-corrected chi connectivity index (χ4v) is 2.76. The number of hydrogen-bond acceptors (Lipinski definition) is 5. The zero-order chi connectivity index (χ0) is 18.9. The Labute approximate surface area is 145 Å². The number of rotatable bonds is 3. The Balaban J connectivity index is 1.74. The van der Waals surface area contributed by atoms with E-state index in [1.165, 1.54) is 29.2 Å². The summed E-state index contributed by atoms with van der Waals surface area (Å²) in [4.78, 5) is 28.3. The fourth-order valence-electron chi connectivity index (χ4n) is 2.76. The first-order chi connectivity index (χ1) is 12.3. The van der Waals surface area contributed by atoms with Crippen molar-refractivity contribution in [3.8, 4) is 11.4 Å². The predicted octanol–water partition coefficient (Wildman–Crippen LogP) is 2.69. The van der Waals surface area contributed by atoms with E-state index >= 15 is 0 Å². The summed E-state index contributed by atoms with van der Waals surface area (Å²) in [5.74, 6) is -3.53. The Morgan fingerprint density at radius 2 is 1.92 bits per heavy atom. The summed E-state index contributed by atoms with van der Waals surface area (Å²) in [6.07, 6.45) is -3.60. The van der Waals surface area contributed by atoms with Crippen LogP contribution < -0.4 is 0 Å². The summed E-state index contributed by atoms with van der Waals surface area (Å²) >= 11 is 0. The molecule has 1 saturated heterocycles. The van der Waals surface area contributed by atoms with Gasteiger partial charge in [0.1, 0.15) is 0 Å². The highest BCUT2D eigenvalue weighted by Gasteiger charge is 2.38. The number of halogens is 3. The average Bonchev–Trinajstić information content (AvgIpc) is 3.12. The molecule has 1 amide bonds. The van der Waals surface area contributed by atoms with E-state index in [1.54, 1.807) is 0 Å². The smallest absolute Gasteiger partial charge is 0.471 e. The number of piperidine rings is 1. The topological polar surface area (TPSA) is 96.5 Å². The van der Waals surface area contributed by atoms with Crippen LogP contribution in [-0.2, 0) is 11.0 Å². The predicted molar refractivity (Wildman–Crippen MR) is 81.0 cm³/mol. The molecule has 138 valence electrons. The highest BCUT2D eigenvalue weighted by molar-refractivity contribution is 5.95. The lowest BCUT2D eigenvalue weighted by Crippen LogP contribution is -2.42. The second-order valence-corrected chi connectivity index (χ2v) is 5.93. The first kappa shape index (κ1) is 17.9. The monoisotopic (exact) mass is 369 g/mol. The van der Waals surface area contributed by atoms with Gasteiger partial charge in [0.05, 0.1) is 5.92 Å². The van der Waals surface area contributed by atoms with Crippen LogP contribution in [0, 0.1) is 5.92 Å². The van der Waals surface area contributed by atoms with Crippen molar-refractivity contribution in [2.24, 2.45) is 5.92 Å². The summed E-state index contributed by atoms with van der Waals surface area (Å²) in [7, 11) is 0. The standard InChI is InChI=1S/C16H14F3N3O4/c17-16(18,19)15-20-12(21-26-15)9-3-5-10(6-4-9)13(23)22-7-1-2-11(8-22)14(24)25/h3-6,11H,1-2,7-8H2,(H,24,25)/t11-/m0/s1. The molecule has 0 unspecified atom stereocenters. The van der Waals surface area contributed by atoms with E-state index in [0.29, 0.717) is 24.9 Å². The largest absolute Gasteiger partial charge is 0.481 e. The van der Waals surface area contributed by atoms with Gasteiger partial charge in [0.15, 0.2) is 0 Å². The number of aliphatic carboxylic acids is 1. The lowest BCUT2D eigenvalue weighted by atomic mass is 9.97. The van der Waals surface area contributed by atoms with Gasteiger partial charge < -0.3 is 14.5 Å². The molecule has 0 saturated carbocycles. The lowest BCUT2D eigenvalue weighted by molar-refractivity contribution is -0.159. The van der Waals surface area contributed by atoms with Gasteiger partial charge in [-0.1, -0.05) is 17.3 Å². The second-order valence-electron chi connectivity index (χ2n) is 5.93. The number of amides is 1. The van der Waals surface area contributed by atoms with Gasteiger partial charge in [0.25, 0.3) is 5.91 Å². The molecule has 1 atom stereocenters. The Hall–Kier alpha value is -2.91. The van der Waals surface area contributed by atoms with Crippen LogP contribution >= 0.6 is 0 Å². The number of carboxylic acids is 1. The first-order valence-corrected chi connectivity index (χ1v) is 7.79. The highest BCUT2D eigenvalue weighted by atomic mass is 19.4. The number of likely N-dealkylation sites (tertiary alicyclic amines) is 1. The molecule has 1 aromatic carbocycles. The van der Waals surface area contributed by atoms with Crippen molar-refractivity contribution in [1.29, 1.82) is 0 Å². The van der Waals surface area contributed by atoms with Gasteiger partial charge in [-0.3, -0.25) is 9.59 Å². The molecule has 0 aliphatic carbocycles. The van der Waals surface area contributed by atoms with Crippen molar-refractivity contribution >= 4 is 11.9 Å². The average molecular weight is 369 g/mol. The molecular formula is C16H14F3N3O4. The molecule has 0 radical (unpaired) electrons. The number of carbonyl (C=O) groups is 2. The molecular weight excluding hydrogens is 355 g/mol. The molecule has 2 heterocycles. The second kappa shape index (κ2) is 6.77. The number of carbonyl (C=O) groups excluding carboxylic acids is 1. The maximum Gasteiger partial charge on any atom is 0.471 e. The van der Waals surface area contributed by atoms with Crippen LogP contribution in [0.25, 0.3) is 11.4 Å². The Morgan fingerprint density at radius 1 is 1.23 bits per heavy atom. The van der Waals surface area contributed by atoms with Crippen LogP contribution in [0.2, 0.25) is 0 Å². The van der Waals surface area contributed by atoms with Crippen molar-refractivity contribution in [2.75, 3.05) is 13.1 Å².